The molecule has 0 radical (unpaired) electrons. The van der Waals surface area contributed by atoms with Crippen LogP contribution in [0.25, 0.3) is 0 Å². The number of likely N-dealkylation sites (tertiary alicyclic amines) is 1. The minimum atomic E-state index is -0.261. The first kappa shape index (κ1) is 16.6. The van der Waals surface area contributed by atoms with Crippen molar-refractivity contribution in [3.05, 3.63) is 57.5 Å². The molecule has 2 aromatic rings. The van der Waals surface area contributed by atoms with E-state index in [1.165, 1.54) is 23.5 Å². The largest absolute Gasteiger partial charge is 0.346 e. The van der Waals surface area contributed by atoms with Crippen molar-refractivity contribution in [2.45, 2.75) is 25.8 Å². The van der Waals surface area contributed by atoms with Crippen LogP contribution in [0.2, 0.25) is 0 Å². The molecule has 1 saturated heterocycles. The molecular formula is C18H19FN2O2S. The van der Waals surface area contributed by atoms with E-state index in [4.69, 9.17) is 0 Å². The van der Waals surface area contributed by atoms with E-state index in [1.54, 1.807) is 23.1 Å². The average Bonchev–Trinajstić information content (AvgIpc) is 3.13. The van der Waals surface area contributed by atoms with Crippen LogP contribution in [-0.4, -0.2) is 35.8 Å². The summed E-state index contributed by atoms with van der Waals surface area (Å²) in [5, 5.41) is 2.93. The molecule has 2 heterocycles. The van der Waals surface area contributed by atoms with Gasteiger partial charge >= 0.3 is 0 Å². The fourth-order valence-corrected chi connectivity index (χ4v) is 3.58. The van der Waals surface area contributed by atoms with Crippen LogP contribution in [-0.2, 0) is 11.2 Å². The number of hydrogen-bond acceptors (Lipinski definition) is 3. The third-order valence-electron chi connectivity index (χ3n) is 4.10. The van der Waals surface area contributed by atoms with Gasteiger partial charge in [-0.2, -0.15) is 0 Å². The molecule has 24 heavy (non-hydrogen) atoms. The van der Waals surface area contributed by atoms with Gasteiger partial charge in [-0.25, -0.2) is 4.39 Å². The van der Waals surface area contributed by atoms with Gasteiger partial charge in [0.05, 0.1) is 10.9 Å². The van der Waals surface area contributed by atoms with Gasteiger partial charge in [0, 0.05) is 24.4 Å². The Balaban J connectivity index is 1.51. The highest BCUT2D eigenvalue weighted by Crippen LogP contribution is 2.17. The van der Waals surface area contributed by atoms with Crippen LogP contribution >= 0.6 is 11.3 Å². The number of benzene rings is 1. The summed E-state index contributed by atoms with van der Waals surface area (Å²) in [6, 6.07) is 9.87. The summed E-state index contributed by atoms with van der Waals surface area (Å²) >= 11 is 1.45. The minimum absolute atomic E-state index is 0.0461. The molecule has 1 aliphatic rings. The van der Waals surface area contributed by atoms with Crippen molar-refractivity contribution in [3.63, 3.8) is 0 Å². The van der Waals surface area contributed by atoms with E-state index in [1.807, 2.05) is 13.0 Å². The molecule has 4 nitrogen and oxygen atoms in total. The maximum absolute atomic E-state index is 12.9. The SMILES string of the molecule is Cc1ccc(C(=O)NC2CC(=O)N(CCc3ccc(F)cc3)C2)s1. The predicted octanol–water partition coefficient (Wildman–Crippen LogP) is 2.77. The van der Waals surface area contributed by atoms with Gasteiger partial charge in [-0.3, -0.25) is 9.59 Å². The molecule has 0 bridgehead atoms. The van der Waals surface area contributed by atoms with Crippen molar-refractivity contribution in [1.82, 2.24) is 10.2 Å². The summed E-state index contributed by atoms with van der Waals surface area (Å²) in [5.41, 5.74) is 0.991. The lowest BCUT2D eigenvalue weighted by atomic mass is 10.1. The summed E-state index contributed by atoms with van der Waals surface area (Å²) in [6.07, 6.45) is 1.01. The number of hydrogen-bond donors (Lipinski definition) is 1. The highest BCUT2D eigenvalue weighted by Gasteiger charge is 2.30. The zero-order valence-corrected chi connectivity index (χ0v) is 14.2. The van der Waals surface area contributed by atoms with Crippen LogP contribution in [0.1, 0.15) is 26.5 Å². The van der Waals surface area contributed by atoms with E-state index in [-0.39, 0.29) is 23.7 Å². The molecule has 2 amide bonds. The van der Waals surface area contributed by atoms with Crippen LogP contribution in [0.3, 0.4) is 0 Å². The van der Waals surface area contributed by atoms with E-state index >= 15 is 0 Å². The lowest BCUT2D eigenvalue weighted by molar-refractivity contribution is -0.127. The van der Waals surface area contributed by atoms with Crippen molar-refractivity contribution in [2.75, 3.05) is 13.1 Å². The van der Waals surface area contributed by atoms with Crippen LogP contribution < -0.4 is 5.32 Å². The van der Waals surface area contributed by atoms with Gasteiger partial charge in [-0.15, -0.1) is 11.3 Å². The fraction of sp³-hybridized carbons (Fsp3) is 0.333. The van der Waals surface area contributed by atoms with Gasteiger partial charge in [0.25, 0.3) is 5.91 Å². The monoisotopic (exact) mass is 346 g/mol. The van der Waals surface area contributed by atoms with E-state index in [2.05, 4.69) is 5.32 Å². The molecule has 1 fully saturated rings. The van der Waals surface area contributed by atoms with Crippen LogP contribution in [0, 0.1) is 12.7 Å². The van der Waals surface area contributed by atoms with Crippen molar-refractivity contribution >= 4 is 23.2 Å². The van der Waals surface area contributed by atoms with Gasteiger partial charge in [-0.05, 0) is 43.2 Å². The van der Waals surface area contributed by atoms with Crippen LogP contribution in [0.15, 0.2) is 36.4 Å². The Bertz CT molecular complexity index is 742. The molecule has 1 N–H and O–H groups in total. The van der Waals surface area contributed by atoms with Crippen LogP contribution in [0.5, 0.6) is 0 Å². The predicted molar refractivity (Wildman–Crippen MR) is 91.6 cm³/mol. The van der Waals surface area contributed by atoms with E-state index < -0.39 is 0 Å². The maximum atomic E-state index is 12.9. The minimum Gasteiger partial charge on any atom is -0.346 e. The van der Waals surface area contributed by atoms with E-state index in [9.17, 15) is 14.0 Å². The smallest absolute Gasteiger partial charge is 0.261 e. The molecule has 3 rings (SSSR count). The molecule has 1 aromatic heterocycles. The highest BCUT2D eigenvalue weighted by atomic mass is 32.1. The fourth-order valence-electron chi connectivity index (χ4n) is 2.81. The first-order chi connectivity index (χ1) is 11.5. The Morgan fingerprint density at radius 2 is 2.04 bits per heavy atom. The number of nitrogens with zero attached hydrogens (tertiary/aromatic N) is 1. The van der Waals surface area contributed by atoms with Crippen LogP contribution in [0.4, 0.5) is 4.39 Å². The topological polar surface area (TPSA) is 49.4 Å². The molecule has 1 unspecified atom stereocenters. The third-order valence-corrected chi connectivity index (χ3v) is 5.10. The van der Waals surface area contributed by atoms with Crippen molar-refractivity contribution in [1.29, 1.82) is 0 Å². The molecule has 0 aliphatic carbocycles. The number of halogens is 1. The standard InChI is InChI=1S/C18H19FN2O2S/c1-12-2-7-16(24-12)18(23)20-15-10-17(22)21(11-15)9-8-13-3-5-14(19)6-4-13/h2-7,15H,8-11H2,1H3,(H,20,23). The normalized spacial score (nSPS) is 17.3. The molecule has 6 heteroatoms. The summed E-state index contributed by atoms with van der Waals surface area (Å²) in [6.45, 7) is 3.06. The number of rotatable bonds is 5. The quantitative estimate of drug-likeness (QED) is 0.905. The van der Waals surface area contributed by atoms with Crippen molar-refractivity contribution in [3.8, 4) is 0 Å². The summed E-state index contributed by atoms with van der Waals surface area (Å²) in [5.74, 6) is -0.335. The van der Waals surface area contributed by atoms with Gasteiger partial charge < -0.3 is 10.2 Å². The van der Waals surface area contributed by atoms with Gasteiger partial charge in [0.15, 0.2) is 0 Å². The number of nitrogens with one attached hydrogen (secondary N) is 1. The number of carbonyl (C=O) groups excluding carboxylic acids is 2. The van der Waals surface area contributed by atoms with Gasteiger partial charge in [0.2, 0.25) is 5.91 Å². The second-order valence-electron chi connectivity index (χ2n) is 6.00. The second kappa shape index (κ2) is 7.13. The summed E-state index contributed by atoms with van der Waals surface area (Å²) in [4.78, 5) is 27.8. The average molecular weight is 346 g/mol. The van der Waals surface area contributed by atoms with Crippen molar-refractivity contribution < 1.29 is 14.0 Å². The Morgan fingerprint density at radius 1 is 1.29 bits per heavy atom. The third kappa shape index (κ3) is 4.00. The van der Waals surface area contributed by atoms with Gasteiger partial charge in [-0.1, -0.05) is 12.1 Å². The van der Waals surface area contributed by atoms with E-state index in [0.717, 1.165) is 10.4 Å². The first-order valence-electron chi connectivity index (χ1n) is 7.91. The Hall–Kier alpha value is -2.21. The number of carbonyl (C=O) groups is 2. The number of aryl methyl sites for hydroxylation is 1. The zero-order valence-electron chi connectivity index (χ0n) is 13.4. The summed E-state index contributed by atoms with van der Waals surface area (Å²) in [7, 11) is 0. The Labute approximate surface area is 144 Å². The van der Waals surface area contributed by atoms with E-state index in [0.29, 0.717) is 30.8 Å². The number of amides is 2. The molecule has 0 spiro atoms. The number of thiophene rings is 1. The molecule has 1 atom stereocenters. The van der Waals surface area contributed by atoms with Crippen molar-refractivity contribution in [2.24, 2.45) is 0 Å². The zero-order chi connectivity index (χ0) is 17.1. The second-order valence-corrected chi connectivity index (χ2v) is 7.29. The summed E-state index contributed by atoms with van der Waals surface area (Å²) < 4.78 is 12.9. The maximum Gasteiger partial charge on any atom is 0.261 e. The molecule has 1 aliphatic heterocycles. The lowest BCUT2D eigenvalue weighted by Gasteiger charge is -2.17. The highest BCUT2D eigenvalue weighted by molar-refractivity contribution is 7.13. The lowest BCUT2D eigenvalue weighted by Crippen LogP contribution is -2.37. The molecular weight excluding hydrogens is 327 g/mol. The molecule has 0 saturated carbocycles. The first-order valence-corrected chi connectivity index (χ1v) is 8.72. The molecule has 126 valence electrons. The van der Waals surface area contributed by atoms with Gasteiger partial charge in [0.1, 0.15) is 5.82 Å². The Kier molecular flexibility index (Phi) is 4.94. The molecule has 1 aromatic carbocycles. The Morgan fingerprint density at radius 3 is 2.71 bits per heavy atom.